The zero-order chi connectivity index (χ0) is 19.4. The van der Waals surface area contributed by atoms with Crippen LogP contribution in [0.1, 0.15) is 47.5 Å². The number of nitrogens with zero attached hydrogens (tertiary/aromatic N) is 2. The molecule has 1 aromatic carbocycles. The van der Waals surface area contributed by atoms with Gasteiger partial charge in [-0.3, -0.25) is 4.79 Å². The second kappa shape index (κ2) is 8.48. The van der Waals surface area contributed by atoms with Crippen LogP contribution in [0.3, 0.4) is 0 Å². The Balaban J connectivity index is 1.58. The lowest BCUT2D eigenvalue weighted by molar-refractivity contribution is -0.120. The third kappa shape index (κ3) is 5.04. The van der Waals surface area contributed by atoms with Gasteiger partial charge >= 0.3 is 0 Å². The van der Waals surface area contributed by atoms with Crippen LogP contribution in [0.15, 0.2) is 34.1 Å². The summed E-state index contributed by atoms with van der Waals surface area (Å²) in [7, 11) is 0. The van der Waals surface area contributed by atoms with E-state index in [0.717, 1.165) is 22.7 Å². The molecule has 142 valence electrons. The highest BCUT2D eigenvalue weighted by atomic mass is 32.1. The summed E-state index contributed by atoms with van der Waals surface area (Å²) in [6, 6.07) is 8.21. The maximum atomic E-state index is 12.2. The molecule has 1 N–H and O–H groups in total. The number of carbonyl (C=O) groups is 1. The molecule has 0 saturated carbocycles. The summed E-state index contributed by atoms with van der Waals surface area (Å²) in [6.45, 7) is 8.73. The molecule has 3 rings (SSSR count). The first-order valence-corrected chi connectivity index (χ1v) is 10.0. The van der Waals surface area contributed by atoms with Crippen LogP contribution < -0.4 is 5.32 Å². The second-order valence-electron chi connectivity index (χ2n) is 6.93. The number of aromatic nitrogens is 2. The zero-order valence-electron chi connectivity index (χ0n) is 16.2. The van der Waals surface area contributed by atoms with Gasteiger partial charge in [-0.15, -0.1) is 11.3 Å². The monoisotopic (exact) mass is 383 g/mol. The normalized spacial score (nSPS) is 11.1. The van der Waals surface area contributed by atoms with Gasteiger partial charge in [0.2, 0.25) is 11.8 Å². The van der Waals surface area contributed by atoms with Crippen molar-refractivity contribution in [3.05, 3.63) is 57.4 Å². The van der Waals surface area contributed by atoms with Crippen LogP contribution in [0.5, 0.6) is 0 Å². The third-order valence-electron chi connectivity index (χ3n) is 4.41. The van der Waals surface area contributed by atoms with Gasteiger partial charge in [0.25, 0.3) is 0 Å². The number of carbonyl (C=O) groups excluding carboxylic acids is 1. The highest BCUT2D eigenvalue weighted by Gasteiger charge is 2.15. The highest BCUT2D eigenvalue weighted by molar-refractivity contribution is 7.09. The van der Waals surface area contributed by atoms with Crippen LogP contribution in [-0.2, 0) is 17.6 Å². The van der Waals surface area contributed by atoms with Crippen LogP contribution in [0.4, 0.5) is 0 Å². The molecule has 0 bridgehead atoms. The smallest absolute Gasteiger partial charge is 0.226 e. The fraction of sp³-hybridized carbons (Fsp3) is 0.381. The molecule has 2 heterocycles. The van der Waals surface area contributed by atoms with Crippen LogP contribution >= 0.6 is 11.3 Å². The summed E-state index contributed by atoms with van der Waals surface area (Å²) in [6.07, 6.45) is 0.955. The van der Waals surface area contributed by atoms with Gasteiger partial charge in [0.15, 0.2) is 0 Å². The van der Waals surface area contributed by atoms with E-state index in [-0.39, 0.29) is 12.3 Å². The van der Waals surface area contributed by atoms with Gasteiger partial charge in [-0.25, -0.2) is 9.97 Å². The minimum absolute atomic E-state index is 0.0555. The average Bonchev–Trinajstić information content (AvgIpc) is 3.21. The Bertz CT molecular complexity index is 910. The molecule has 5 nitrogen and oxygen atoms in total. The first-order chi connectivity index (χ1) is 12.9. The van der Waals surface area contributed by atoms with E-state index in [1.54, 1.807) is 11.3 Å². The van der Waals surface area contributed by atoms with Gasteiger partial charge in [-0.1, -0.05) is 26.0 Å². The summed E-state index contributed by atoms with van der Waals surface area (Å²) < 4.78 is 5.78. The van der Waals surface area contributed by atoms with Crippen molar-refractivity contribution < 1.29 is 9.21 Å². The van der Waals surface area contributed by atoms with E-state index in [4.69, 9.17) is 4.42 Å². The minimum atomic E-state index is -0.0555. The molecule has 0 saturated heterocycles. The highest BCUT2D eigenvalue weighted by Crippen LogP contribution is 2.24. The number of nitrogens with one attached hydrogen (secondary N) is 1. The SMILES string of the molecule is Cc1nc(CCNC(=O)Cc2nc(-c3ccc(C(C)C)cc3)oc2C)cs1. The molecule has 2 aromatic heterocycles. The number of aryl methyl sites for hydroxylation is 2. The Labute approximate surface area is 163 Å². The second-order valence-corrected chi connectivity index (χ2v) is 8.00. The van der Waals surface area contributed by atoms with E-state index in [1.807, 2.05) is 31.4 Å². The van der Waals surface area contributed by atoms with Crippen molar-refractivity contribution in [2.45, 2.75) is 46.5 Å². The van der Waals surface area contributed by atoms with E-state index in [0.29, 0.717) is 29.8 Å². The fourth-order valence-corrected chi connectivity index (χ4v) is 3.44. The van der Waals surface area contributed by atoms with Crippen LogP contribution in [0, 0.1) is 13.8 Å². The molecule has 27 heavy (non-hydrogen) atoms. The number of benzene rings is 1. The number of rotatable bonds is 7. The van der Waals surface area contributed by atoms with Crippen LogP contribution in [0.2, 0.25) is 0 Å². The van der Waals surface area contributed by atoms with Crippen molar-refractivity contribution in [2.24, 2.45) is 0 Å². The van der Waals surface area contributed by atoms with Crippen LogP contribution in [-0.4, -0.2) is 22.4 Å². The van der Waals surface area contributed by atoms with E-state index in [9.17, 15) is 4.79 Å². The van der Waals surface area contributed by atoms with E-state index >= 15 is 0 Å². The Morgan fingerprint density at radius 1 is 1.19 bits per heavy atom. The molecule has 0 spiro atoms. The molecular weight excluding hydrogens is 358 g/mol. The fourth-order valence-electron chi connectivity index (χ4n) is 2.79. The van der Waals surface area contributed by atoms with Crippen molar-refractivity contribution in [1.29, 1.82) is 0 Å². The molecule has 0 radical (unpaired) electrons. The largest absolute Gasteiger partial charge is 0.441 e. The van der Waals surface area contributed by atoms with Gasteiger partial charge in [-0.2, -0.15) is 0 Å². The molecule has 0 unspecified atom stereocenters. The first-order valence-electron chi connectivity index (χ1n) is 9.16. The lowest BCUT2D eigenvalue weighted by Crippen LogP contribution is -2.27. The lowest BCUT2D eigenvalue weighted by atomic mass is 10.0. The molecule has 0 aliphatic rings. The lowest BCUT2D eigenvalue weighted by Gasteiger charge is -2.04. The van der Waals surface area contributed by atoms with Gasteiger partial charge in [0, 0.05) is 23.9 Å². The minimum Gasteiger partial charge on any atom is -0.441 e. The summed E-state index contributed by atoms with van der Waals surface area (Å²) in [4.78, 5) is 21.1. The van der Waals surface area contributed by atoms with E-state index in [1.165, 1.54) is 5.56 Å². The zero-order valence-corrected chi connectivity index (χ0v) is 17.0. The van der Waals surface area contributed by atoms with Gasteiger partial charge in [0.05, 0.1) is 22.8 Å². The van der Waals surface area contributed by atoms with Gasteiger partial charge < -0.3 is 9.73 Å². The first kappa shape index (κ1) is 19.3. The average molecular weight is 384 g/mol. The summed E-state index contributed by atoms with van der Waals surface area (Å²) >= 11 is 1.62. The third-order valence-corrected chi connectivity index (χ3v) is 5.24. The molecule has 0 aliphatic carbocycles. The maximum Gasteiger partial charge on any atom is 0.226 e. The standard InChI is InChI=1S/C21H25N3O2S/c1-13(2)16-5-7-17(8-6-16)21-24-19(14(3)26-21)11-20(25)22-10-9-18-12-27-15(4)23-18/h5-8,12-13H,9-11H2,1-4H3,(H,22,25). The molecule has 0 aliphatic heterocycles. The Morgan fingerprint density at radius 3 is 2.56 bits per heavy atom. The Kier molecular flexibility index (Phi) is 6.06. The predicted octanol–water partition coefficient (Wildman–Crippen LogP) is 4.44. The Hall–Kier alpha value is -2.47. The van der Waals surface area contributed by atoms with E-state index in [2.05, 4.69) is 41.3 Å². The van der Waals surface area contributed by atoms with Crippen molar-refractivity contribution in [3.8, 4) is 11.5 Å². The molecule has 0 fully saturated rings. The molecule has 3 aromatic rings. The van der Waals surface area contributed by atoms with Gasteiger partial charge in [0.1, 0.15) is 5.76 Å². The predicted molar refractivity (Wildman–Crippen MR) is 108 cm³/mol. The summed E-state index contributed by atoms with van der Waals surface area (Å²) in [5.41, 5.74) is 3.90. The number of oxazole rings is 1. The van der Waals surface area contributed by atoms with Crippen LogP contribution in [0.25, 0.3) is 11.5 Å². The molecule has 1 amide bonds. The maximum absolute atomic E-state index is 12.2. The number of thiazole rings is 1. The number of hydrogen-bond acceptors (Lipinski definition) is 5. The van der Waals surface area contributed by atoms with Gasteiger partial charge in [-0.05, 0) is 37.5 Å². The Morgan fingerprint density at radius 2 is 1.93 bits per heavy atom. The number of amides is 1. The summed E-state index contributed by atoms with van der Waals surface area (Å²) in [5.74, 6) is 1.67. The van der Waals surface area contributed by atoms with Crippen molar-refractivity contribution in [1.82, 2.24) is 15.3 Å². The van der Waals surface area contributed by atoms with E-state index < -0.39 is 0 Å². The van der Waals surface area contributed by atoms with Crippen molar-refractivity contribution in [2.75, 3.05) is 6.54 Å². The molecular formula is C21H25N3O2S. The number of hydrogen-bond donors (Lipinski definition) is 1. The molecule has 6 heteroatoms. The topological polar surface area (TPSA) is 68.0 Å². The summed E-state index contributed by atoms with van der Waals surface area (Å²) in [5, 5.41) is 6.00. The van der Waals surface area contributed by atoms with Crippen molar-refractivity contribution in [3.63, 3.8) is 0 Å². The molecule has 0 atom stereocenters. The van der Waals surface area contributed by atoms with Crippen molar-refractivity contribution >= 4 is 17.2 Å². The quantitative estimate of drug-likeness (QED) is 0.655.